The Hall–Kier alpha value is -2.21. The number of aliphatic hydroxyl groups excluding tert-OH is 1. The lowest BCUT2D eigenvalue weighted by atomic mass is 9.69. The number of hydrogen-bond acceptors (Lipinski definition) is 6. The second-order valence-electron chi connectivity index (χ2n) is 7.23. The SMILES string of the molecule is C=C(C)C(O)CC/C(C)=C/[C@H]1OC(=O)C[C@]12C[C@H](OC(C)=O)C=CC2=O. The van der Waals surface area contributed by atoms with Crippen molar-refractivity contribution in [2.75, 3.05) is 0 Å². The van der Waals surface area contributed by atoms with Crippen molar-refractivity contribution in [3.63, 3.8) is 0 Å². The lowest BCUT2D eigenvalue weighted by molar-refractivity contribution is -0.148. The van der Waals surface area contributed by atoms with Crippen LogP contribution in [0.4, 0.5) is 0 Å². The molecule has 6 heteroatoms. The molecule has 0 amide bonds. The van der Waals surface area contributed by atoms with Gasteiger partial charge in [-0.2, -0.15) is 0 Å². The third-order valence-corrected chi connectivity index (χ3v) is 4.92. The van der Waals surface area contributed by atoms with E-state index >= 15 is 0 Å². The highest BCUT2D eigenvalue weighted by atomic mass is 16.6. The van der Waals surface area contributed by atoms with Crippen molar-refractivity contribution in [3.8, 4) is 0 Å². The fourth-order valence-corrected chi connectivity index (χ4v) is 3.40. The van der Waals surface area contributed by atoms with E-state index in [0.29, 0.717) is 18.4 Å². The maximum atomic E-state index is 12.6. The minimum Gasteiger partial charge on any atom is -0.458 e. The number of cyclic esters (lactones) is 1. The van der Waals surface area contributed by atoms with Crippen LogP contribution in [-0.2, 0) is 23.9 Å². The van der Waals surface area contributed by atoms with Gasteiger partial charge in [-0.25, -0.2) is 0 Å². The number of ketones is 1. The number of aliphatic hydroxyl groups is 1. The van der Waals surface area contributed by atoms with Gasteiger partial charge in [-0.05, 0) is 44.9 Å². The van der Waals surface area contributed by atoms with Gasteiger partial charge in [0.05, 0.1) is 17.9 Å². The highest BCUT2D eigenvalue weighted by molar-refractivity contribution is 6.00. The number of rotatable bonds is 6. The van der Waals surface area contributed by atoms with E-state index in [1.165, 1.54) is 13.0 Å². The highest BCUT2D eigenvalue weighted by Crippen LogP contribution is 2.45. The molecule has 0 aromatic rings. The van der Waals surface area contributed by atoms with Crippen molar-refractivity contribution < 1.29 is 29.0 Å². The first-order valence-corrected chi connectivity index (χ1v) is 8.74. The Morgan fingerprint density at radius 3 is 2.77 bits per heavy atom. The van der Waals surface area contributed by atoms with Crippen molar-refractivity contribution >= 4 is 17.7 Å². The molecule has 0 saturated carbocycles. The molecule has 0 aromatic heterocycles. The zero-order valence-corrected chi connectivity index (χ0v) is 15.5. The molecule has 0 radical (unpaired) electrons. The third-order valence-electron chi connectivity index (χ3n) is 4.92. The molecule has 6 nitrogen and oxygen atoms in total. The minimum absolute atomic E-state index is 0.0310. The van der Waals surface area contributed by atoms with Crippen LogP contribution in [0.25, 0.3) is 0 Å². The van der Waals surface area contributed by atoms with Crippen LogP contribution in [0.2, 0.25) is 0 Å². The molecule has 1 heterocycles. The molecular weight excluding hydrogens is 336 g/mol. The summed E-state index contributed by atoms with van der Waals surface area (Å²) in [4.78, 5) is 35.8. The summed E-state index contributed by atoms with van der Waals surface area (Å²) in [6, 6.07) is 0. The van der Waals surface area contributed by atoms with Crippen molar-refractivity contribution in [1.82, 2.24) is 0 Å². The molecule has 2 aliphatic rings. The monoisotopic (exact) mass is 362 g/mol. The van der Waals surface area contributed by atoms with Crippen molar-refractivity contribution in [3.05, 3.63) is 36.0 Å². The summed E-state index contributed by atoms with van der Waals surface area (Å²) in [6.07, 6.45) is 4.14. The van der Waals surface area contributed by atoms with Crippen LogP contribution in [0.3, 0.4) is 0 Å². The van der Waals surface area contributed by atoms with E-state index in [4.69, 9.17) is 9.47 Å². The predicted octanol–water partition coefficient (Wildman–Crippen LogP) is 2.41. The fourth-order valence-electron chi connectivity index (χ4n) is 3.40. The Labute approximate surface area is 153 Å². The second-order valence-corrected chi connectivity index (χ2v) is 7.23. The number of carbonyl (C=O) groups excluding carboxylic acids is 3. The minimum atomic E-state index is -1.04. The van der Waals surface area contributed by atoms with Gasteiger partial charge in [0.25, 0.3) is 0 Å². The van der Waals surface area contributed by atoms with Gasteiger partial charge in [-0.3, -0.25) is 14.4 Å². The van der Waals surface area contributed by atoms with Gasteiger partial charge >= 0.3 is 11.9 Å². The van der Waals surface area contributed by atoms with Gasteiger partial charge in [0.2, 0.25) is 0 Å². The molecule has 0 aromatic carbocycles. The number of ether oxygens (including phenoxy) is 2. The maximum absolute atomic E-state index is 12.6. The van der Waals surface area contributed by atoms with E-state index < -0.39 is 35.7 Å². The lowest BCUT2D eigenvalue weighted by Crippen LogP contribution is -2.43. The van der Waals surface area contributed by atoms with Gasteiger partial charge < -0.3 is 14.6 Å². The van der Waals surface area contributed by atoms with Gasteiger partial charge in [-0.15, -0.1) is 0 Å². The summed E-state index contributed by atoms with van der Waals surface area (Å²) in [5.74, 6) is -1.07. The molecule has 1 fully saturated rings. The molecule has 2 rings (SSSR count). The molecule has 1 N–H and O–H groups in total. The van der Waals surface area contributed by atoms with Gasteiger partial charge in [0.15, 0.2) is 5.78 Å². The first-order valence-electron chi connectivity index (χ1n) is 8.74. The van der Waals surface area contributed by atoms with Crippen LogP contribution in [0.15, 0.2) is 36.0 Å². The first-order chi connectivity index (χ1) is 12.1. The summed E-state index contributed by atoms with van der Waals surface area (Å²) in [5.41, 5.74) is 0.564. The average Bonchev–Trinajstić information content (AvgIpc) is 2.84. The molecule has 4 atom stereocenters. The molecule has 1 saturated heterocycles. The Bertz CT molecular complexity index is 674. The zero-order valence-electron chi connectivity index (χ0n) is 15.5. The van der Waals surface area contributed by atoms with E-state index in [0.717, 1.165) is 5.57 Å². The third kappa shape index (κ3) is 4.49. The van der Waals surface area contributed by atoms with Crippen LogP contribution in [0.1, 0.15) is 46.5 Å². The zero-order chi connectivity index (χ0) is 19.5. The van der Waals surface area contributed by atoms with Crippen LogP contribution < -0.4 is 0 Å². The number of esters is 2. The maximum Gasteiger partial charge on any atom is 0.307 e. The Balaban J connectivity index is 2.18. The van der Waals surface area contributed by atoms with Crippen molar-refractivity contribution in [1.29, 1.82) is 0 Å². The van der Waals surface area contributed by atoms with E-state index in [1.54, 1.807) is 19.1 Å². The van der Waals surface area contributed by atoms with E-state index in [2.05, 4.69) is 6.58 Å². The molecule has 1 aliphatic heterocycles. The highest BCUT2D eigenvalue weighted by Gasteiger charge is 2.55. The Kier molecular flexibility index (Phi) is 6.18. The summed E-state index contributed by atoms with van der Waals surface area (Å²) in [7, 11) is 0. The summed E-state index contributed by atoms with van der Waals surface area (Å²) in [5, 5.41) is 9.86. The van der Waals surface area contributed by atoms with E-state index in [-0.39, 0.29) is 18.6 Å². The first kappa shape index (κ1) is 20.1. The van der Waals surface area contributed by atoms with Crippen LogP contribution in [0.5, 0.6) is 0 Å². The second kappa shape index (κ2) is 7.99. The number of allylic oxidation sites excluding steroid dienone is 2. The van der Waals surface area contributed by atoms with E-state index in [9.17, 15) is 19.5 Å². The van der Waals surface area contributed by atoms with Crippen molar-refractivity contribution in [2.24, 2.45) is 5.41 Å². The number of carbonyl (C=O) groups is 3. The Morgan fingerprint density at radius 1 is 1.46 bits per heavy atom. The fraction of sp³-hybridized carbons (Fsp3) is 0.550. The topological polar surface area (TPSA) is 89.9 Å². The molecule has 142 valence electrons. The van der Waals surface area contributed by atoms with Gasteiger partial charge in [-0.1, -0.05) is 17.7 Å². The molecule has 26 heavy (non-hydrogen) atoms. The van der Waals surface area contributed by atoms with Gasteiger partial charge in [0, 0.05) is 13.3 Å². The smallest absolute Gasteiger partial charge is 0.307 e. The van der Waals surface area contributed by atoms with Gasteiger partial charge in [0.1, 0.15) is 12.2 Å². The standard InChI is InChI=1S/C20H26O6/c1-12(2)16(22)7-5-13(3)9-18-20(11-19(24)26-18)10-15(25-14(4)21)6-8-17(20)23/h6,8-9,15-16,18,22H,1,5,7,10-11H2,2-4H3/b13-9+/t15-,16?,18-,20+/m1/s1. The predicted molar refractivity (Wildman–Crippen MR) is 95.1 cm³/mol. The van der Waals surface area contributed by atoms with Crippen LogP contribution >= 0.6 is 0 Å². The normalized spacial score (nSPS) is 29.6. The Morgan fingerprint density at radius 2 is 2.15 bits per heavy atom. The van der Waals surface area contributed by atoms with Crippen molar-refractivity contribution in [2.45, 2.75) is 64.8 Å². The summed E-state index contributed by atoms with van der Waals surface area (Å²) >= 11 is 0. The average molecular weight is 362 g/mol. The number of hydrogen-bond donors (Lipinski definition) is 1. The molecular formula is C20H26O6. The van der Waals surface area contributed by atoms with Crippen LogP contribution in [0, 0.1) is 5.41 Å². The lowest BCUT2D eigenvalue weighted by Gasteiger charge is -2.34. The van der Waals surface area contributed by atoms with Crippen LogP contribution in [-0.4, -0.2) is 41.1 Å². The molecule has 1 spiro atoms. The molecule has 1 unspecified atom stereocenters. The van der Waals surface area contributed by atoms with E-state index in [1.807, 2.05) is 6.92 Å². The summed E-state index contributed by atoms with van der Waals surface area (Å²) in [6.45, 7) is 8.67. The molecule has 1 aliphatic carbocycles. The summed E-state index contributed by atoms with van der Waals surface area (Å²) < 4.78 is 10.6. The molecule has 0 bridgehead atoms. The quantitative estimate of drug-likeness (QED) is 0.576. The largest absolute Gasteiger partial charge is 0.458 e.